The zero-order chi connectivity index (χ0) is 15.2. The number of carbonyl (C=O) groups is 1. The molecule has 2 rings (SSSR count). The quantitative estimate of drug-likeness (QED) is 0.643. The summed E-state index contributed by atoms with van der Waals surface area (Å²) >= 11 is 3.43. The summed E-state index contributed by atoms with van der Waals surface area (Å²) in [5, 5.41) is 2.90. The molecule has 0 saturated heterocycles. The third-order valence-corrected chi connectivity index (χ3v) is 3.54. The lowest BCUT2D eigenvalue weighted by atomic mass is 10.1. The minimum absolute atomic E-state index is 0.158. The highest BCUT2D eigenvalue weighted by atomic mass is 79.9. The molecular weight excluding hydrogens is 328 g/mol. The van der Waals surface area contributed by atoms with E-state index >= 15 is 0 Å². The van der Waals surface area contributed by atoms with Gasteiger partial charge in [0.15, 0.2) is 0 Å². The molecule has 0 atom stereocenters. The maximum Gasteiger partial charge on any atom is 0.248 e. The highest BCUT2D eigenvalue weighted by Crippen LogP contribution is 2.21. The maximum absolute atomic E-state index is 12.0. The summed E-state index contributed by atoms with van der Waals surface area (Å²) in [6.07, 6.45) is 4.11. The molecule has 2 aromatic carbocycles. The number of hydrogen-bond donors (Lipinski definition) is 2. The fraction of sp³-hybridized carbons (Fsp3) is 0.118. The lowest BCUT2D eigenvalue weighted by Gasteiger charge is -2.08. The van der Waals surface area contributed by atoms with Gasteiger partial charge in [0, 0.05) is 21.9 Å². The van der Waals surface area contributed by atoms with Gasteiger partial charge in [-0.3, -0.25) is 4.79 Å². The summed E-state index contributed by atoms with van der Waals surface area (Å²) in [4.78, 5) is 12.0. The number of nitrogens with one attached hydrogen (secondary N) is 1. The number of carbonyl (C=O) groups excluding carboxylic acids is 1. The van der Waals surface area contributed by atoms with Crippen molar-refractivity contribution in [1.82, 2.24) is 0 Å². The number of halogens is 1. The van der Waals surface area contributed by atoms with Gasteiger partial charge in [0.2, 0.25) is 5.91 Å². The Hall–Kier alpha value is -2.07. The second-order valence-electron chi connectivity index (χ2n) is 4.65. The van der Waals surface area contributed by atoms with Gasteiger partial charge in [-0.2, -0.15) is 0 Å². The van der Waals surface area contributed by atoms with Crippen molar-refractivity contribution in [2.24, 2.45) is 0 Å². The van der Waals surface area contributed by atoms with Crippen LogP contribution in [0.15, 0.2) is 53.0 Å². The van der Waals surface area contributed by atoms with Gasteiger partial charge in [-0.25, -0.2) is 0 Å². The average molecular weight is 345 g/mol. The molecule has 0 aliphatic carbocycles. The first-order valence-corrected chi connectivity index (χ1v) is 7.51. The minimum atomic E-state index is -0.158. The van der Waals surface area contributed by atoms with Crippen LogP contribution in [0.1, 0.15) is 18.1 Å². The summed E-state index contributed by atoms with van der Waals surface area (Å²) in [7, 11) is 0. The molecule has 0 aromatic heterocycles. The van der Waals surface area contributed by atoms with Gasteiger partial charge in [0.1, 0.15) is 0 Å². The van der Waals surface area contributed by atoms with Crippen LogP contribution in [0.3, 0.4) is 0 Å². The lowest BCUT2D eigenvalue weighted by Crippen LogP contribution is -2.09. The van der Waals surface area contributed by atoms with Crippen molar-refractivity contribution in [1.29, 1.82) is 0 Å². The lowest BCUT2D eigenvalue weighted by molar-refractivity contribution is -0.111. The van der Waals surface area contributed by atoms with E-state index in [1.165, 1.54) is 6.08 Å². The van der Waals surface area contributed by atoms with Crippen LogP contribution in [0.5, 0.6) is 0 Å². The average Bonchev–Trinajstić information content (AvgIpc) is 2.47. The highest BCUT2D eigenvalue weighted by Gasteiger charge is 2.04. The van der Waals surface area contributed by atoms with Gasteiger partial charge in [-0.15, -0.1) is 0 Å². The van der Waals surface area contributed by atoms with Crippen molar-refractivity contribution in [3.05, 3.63) is 64.1 Å². The number of rotatable bonds is 4. The normalized spacial score (nSPS) is 10.8. The summed E-state index contributed by atoms with van der Waals surface area (Å²) in [6.45, 7) is 2.06. The van der Waals surface area contributed by atoms with Crippen LogP contribution in [0.4, 0.5) is 11.4 Å². The van der Waals surface area contributed by atoms with Crippen molar-refractivity contribution in [2.75, 3.05) is 11.1 Å². The van der Waals surface area contributed by atoms with E-state index in [2.05, 4.69) is 28.2 Å². The molecule has 21 heavy (non-hydrogen) atoms. The van der Waals surface area contributed by atoms with Gasteiger partial charge in [-0.1, -0.05) is 35.0 Å². The number of benzene rings is 2. The second-order valence-corrected chi connectivity index (χ2v) is 5.56. The molecular formula is C17H17BrN2O. The van der Waals surface area contributed by atoms with E-state index in [0.29, 0.717) is 5.69 Å². The number of aryl methyl sites for hydroxylation is 1. The SMILES string of the molecule is CCc1cc(Br)ccc1NC(=O)/C=C/c1cccc(N)c1. The Balaban J connectivity index is 2.08. The van der Waals surface area contributed by atoms with E-state index in [0.717, 1.165) is 27.7 Å². The summed E-state index contributed by atoms with van der Waals surface area (Å²) in [6, 6.07) is 13.2. The number of nitrogens with two attached hydrogens (primary N) is 1. The van der Waals surface area contributed by atoms with Crippen molar-refractivity contribution < 1.29 is 4.79 Å². The predicted octanol–water partition coefficient (Wildman–Crippen LogP) is 4.25. The molecule has 0 fully saturated rings. The van der Waals surface area contributed by atoms with Crippen molar-refractivity contribution in [3.8, 4) is 0 Å². The first-order chi connectivity index (χ1) is 10.1. The fourth-order valence-corrected chi connectivity index (χ4v) is 2.39. The number of anilines is 2. The molecule has 4 heteroatoms. The maximum atomic E-state index is 12.0. The zero-order valence-electron chi connectivity index (χ0n) is 11.8. The topological polar surface area (TPSA) is 55.1 Å². The molecule has 108 valence electrons. The summed E-state index contributed by atoms with van der Waals surface area (Å²) in [5.74, 6) is -0.158. The highest BCUT2D eigenvalue weighted by molar-refractivity contribution is 9.10. The molecule has 1 amide bonds. The molecule has 0 aliphatic rings. The van der Waals surface area contributed by atoms with Crippen LogP contribution < -0.4 is 11.1 Å². The van der Waals surface area contributed by atoms with Crippen molar-refractivity contribution in [2.45, 2.75) is 13.3 Å². The minimum Gasteiger partial charge on any atom is -0.399 e. The molecule has 0 saturated carbocycles. The standard InChI is InChI=1S/C17H17BrN2O/c1-2-13-11-14(18)7-8-16(13)20-17(21)9-6-12-4-3-5-15(19)10-12/h3-11H,2,19H2,1H3,(H,20,21)/b9-6+. The van der Waals surface area contributed by atoms with E-state index in [1.54, 1.807) is 6.08 Å². The van der Waals surface area contributed by atoms with Crippen molar-refractivity contribution >= 4 is 39.3 Å². The van der Waals surface area contributed by atoms with E-state index in [9.17, 15) is 4.79 Å². The van der Waals surface area contributed by atoms with Crippen LogP contribution in [0.2, 0.25) is 0 Å². The third-order valence-electron chi connectivity index (χ3n) is 3.04. The van der Waals surface area contributed by atoms with Crippen LogP contribution in [0.25, 0.3) is 6.08 Å². The molecule has 0 spiro atoms. The summed E-state index contributed by atoms with van der Waals surface area (Å²) < 4.78 is 1.01. The number of hydrogen-bond acceptors (Lipinski definition) is 2. The zero-order valence-corrected chi connectivity index (χ0v) is 13.4. The Morgan fingerprint density at radius 3 is 2.81 bits per heavy atom. The largest absolute Gasteiger partial charge is 0.399 e. The van der Waals surface area contributed by atoms with Crippen molar-refractivity contribution in [3.63, 3.8) is 0 Å². The van der Waals surface area contributed by atoms with Gasteiger partial charge >= 0.3 is 0 Å². The van der Waals surface area contributed by atoms with Crippen LogP contribution >= 0.6 is 15.9 Å². The van der Waals surface area contributed by atoms with E-state index < -0.39 is 0 Å². The molecule has 0 unspecified atom stereocenters. The Kier molecular flexibility index (Phi) is 5.17. The van der Waals surface area contributed by atoms with E-state index in [4.69, 9.17) is 5.73 Å². The Labute approximate surface area is 133 Å². The van der Waals surface area contributed by atoms with Crippen LogP contribution in [-0.2, 0) is 11.2 Å². The van der Waals surface area contributed by atoms with Crippen LogP contribution in [-0.4, -0.2) is 5.91 Å². The van der Waals surface area contributed by atoms with Crippen LogP contribution in [0, 0.1) is 0 Å². The summed E-state index contributed by atoms with van der Waals surface area (Å²) in [5.41, 5.74) is 9.21. The second kappa shape index (κ2) is 7.09. The molecule has 2 aromatic rings. The van der Waals surface area contributed by atoms with Gasteiger partial charge in [-0.05, 0) is 54.0 Å². The Morgan fingerprint density at radius 1 is 1.29 bits per heavy atom. The first-order valence-electron chi connectivity index (χ1n) is 6.71. The van der Waals surface area contributed by atoms with E-state index in [-0.39, 0.29) is 5.91 Å². The Bertz CT molecular complexity index is 680. The molecule has 0 bridgehead atoms. The predicted molar refractivity (Wildman–Crippen MR) is 92.0 cm³/mol. The third kappa shape index (κ3) is 4.46. The molecule has 0 heterocycles. The first kappa shape index (κ1) is 15.3. The molecule has 0 aliphatic heterocycles. The van der Waals surface area contributed by atoms with Gasteiger partial charge in [0.25, 0.3) is 0 Å². The molecule has 0 radical (unpaired) electrons. The van der Waals surface area contributed by atoms with E-state index in [1.807, 2.05) is 42.5 Å². The Morgan fingerprint density at radius 2 is 2.10 bits per heavy atom. The van der Waals surface area contributed by atoms with Gasteiger partial charge in [0.05, 0.1) is 0 Å². The fourth-order valence-electron chi connectivity index (χ4n) is 1.99. The molecule has 3 nitrogen and oxygen atoms in total. The smallest absolute Gasteiger partial charge is 0.248 e. The molecule has 3 N–H and O–H groups in total. The number of nitrogen functional groups attached to an aromatic ring is 1. The van der Waals surface area contributed by atoms with Gasteiger partial charge < -0.3 is 11.1 Å². The number of amides is 1. The monoisotopic (exact) mass is 344 g/mol.